The molecule has 0 aliphatic heterocycles. The summed E-state index contributed by atoms with van der Waals surface area (Å²) in [5.41, 5.74) is -0.0492. The van der Waals surface area contributed by atoms with Gasteiger partial charge in [0.05, 0.1) is 15.6 Å². The van der Waals surface area contributed by atoms with Crippen LogP contribution in [-0.2, 0) is 20.0 Å². The number of sulfonamides is 2. The Morgan fingerprint density at radius 3 is 2.36 bits per heavy atom. The van der Waals surface area contributed by atoms with Crippen LogP contribution in [0.5, 0.6) is 0 Å². The molecule has 0 saturated carbocycles. The third-order valence-electron chi connectivity index (χ3n) is 2.60. The second-order valence-corrected chi connectivity index (χ2v) is 7.87. The molecule has 118 valence electrons. The van der Waals surface area contributed by atoms with E-state index >= 15 is 0 Å². The summed E-state index contributed by atoms with van der Waals surface area (Å²) in [5, 5.41) is 4.80. The van der Waals surface area contributed by atoms with Gasteiger partial charge in [-0.05, 0) is 36.4 Å². The second kappa shape index (κ2) is 5.84. The lowest BCUT2D eigenvalue weighted by molar-refractivity contribution is 0.594. The van der Waals surface area contributed by atoms with Gasteiger partial charge < -0.3 is 0 Å². The molecule has 0 bridgehead atoms. The first kappa shape index (κ1) is 16.7. The summed E-state index contributed by atoms with van der Waals surface area (Å²) < 4.78 is 62.2. The van der Waals surface area contributed by atoms with Gasteiger partial charge in [-0.1, -0.05) is 17.7 Å². The maximum Gasteiger partial charge on any atom is 0.263 e. The van der Waals surface area contributed by atoms with E-state index in [0.717, 1.165) is 24.3 Å². The monoisotopic (exact) mass is 364 g/mol. The lowest BCUT2D eigenvalue weighted by atomic mass is 10.3. The average molecular weight is 365 g/mol. The average Bonchev–Trinajstić information content (AvgIpc) is 2.40. The zero-order chi connectivity index (χ0) is 16.5. The van der Waals surface area contributed by atoms with E-state index in [0.29, 0.717) is 0 Å². The van der Waals surface area contributed by atoms with E-state index in [4.69, 9.17) is 16.7 Å². The van der Waals surface area contributed by atoms with E-state index in [1.165, 1.54) is 18.2 Å². The molecule has 0 aliphatic rings. The van der Waals surface area contributed by atoms with Gasteiger partial charge in [-0.15, -0.1) is 0 Å². The van der Waals surface area contributed by atoms with E-state index in [1.807, 2.05) is 0 Å². The zero-order valence-electron chi connectivity index (χ0n) is 10.8. The number of halogens is 2. The van der Waals surface area contributed by atoms with Gasteiger partial charge in [0, 0.05) is 0 Å². The largest absolute Gasteiger partial charge is 0.280 e. The third-order valence-corrected chi connectivity index (χ3v) is 5.37. The van der Waals surface area contributed by atoms with Gasteiger partial charge in [0.15, 0.2) is 0 Å². The number of primary sulfonamides is 1. The van der Waals surface area contributed by atoms with Gasteiger partial charge in [-0.25, -0.2) is 26.4 Å². The summed E-state index contributed by atoms with van der Waals surface area (Å²) >= 11 is 5.75. The Labute approximate surface area is 131 Å². The summed E-state index contributed by atoms with van der Waals surface area (Å²) in [4.78, 5) is -0.729. The molecule has 0 atom stereocenters. The highest BCUT2D eigenvalue weighted by molar-refractivity contribution is 7.92. The van der Waals surface area contributed by atoms with Crippen molar-refractivity contribution in [1.82, 2.24) is 0 Å². The highest BCUT2D eigenvalue weighted by Crippen LogP contribution is 2.25. The molecular formula is C12H10ClFN2O4S2. The number of hydrogen-bond acceptors (Lipinski definition) is 4. The SMILES string of the molecule is NS(=O)(=O)c1cccc(NS(=O)(=O)c2cc(F)ccc2Cl)c1. The molecule has 0 heterocycles. The molecule has 0 spiro atoms. The standard InChI is InChI=1S/C12H10ClFN2O4S2/c13-11-5-4-8(14)6-12(11)22(19,20)16-9-2-1-3-10(7-9)21(15,17)18/h1-7,16H,(H2,15,17,18). The molecule has 22 heavy (non-hydrogen) atoms. The van der Waals surface area contributed by atoms with Gasteiger partial charge in [0.25, 0.3) is 10.0 Å². The van der Waals surface area contributed by atoms with Crippen LogP contribution in [0.2, 0.25) is 5.02 Å². The predicted octanol–water partition coefficient (Wildman–Crippen LogP) is 1.93. The van der Waals surface area contributed by atoms with Gasteiger partial charge in [-0.3, -0.25) is 4.72 Å². The molecule has 0 saturated heterocycles. The van der Waals surface area contributed by atoms with Crippen LogP contribution in [0.15, 0.2) is 52.3 Å². The lowest BCUT2D eigenvalue weighted by Gasteiger charge is -2.10. The molecule has 2 aromatic rings. The van der Waals surface area contributed by atoms with Crippen molar-refractivity contribution in [2.75, 3.05) is 4.72 Å². The normalized spacial score (nSPS) is 12.1. The molecule has 2 rings (SSSR count). The summed E-state index contributed by atoms with van der Waals surface area (Å²) in [6.45, 7) is 0. The number of nitrogens with two attached hydrogens (primary N) is 1. The minimum absolute atomic E-state index is 0.0492. The fraction of sp³-hybridized carbons (Fsp3) is 0. The van der Waals surface area contributed by atoms with E-state index in [9.17, 15) is 21.2 Å². The third kappa shape index (κ3) is 3.74. The minimum atomic E-state index is -4.19. The summed E-state index contributed by atoms with van der Waals surface area (Å²) in [7, 11) is -8.17. The Morgan fingerprint density at radius 2 is 1.73 bits per heavy atom. The van der Waals surface area contributed by atoms with Crippen molar-refractivity contribution in [3.63, 3.8) is 0 Å². The van der Waals surface area contributed by atoms with Crippen LogP contribution in [0, 0.1) is 5.82 Å². The van der Waals surface area contributed by atoms with E-state index in [-0.39, 0.29) is 15.6 Å². The molecule has 0 fully saturated rings. The summed E-state index contributed by atoms with van der Waals surface area (Å²) in [5.74, 6) is -0.775. The van der Waals surface area contributed by atoms with Crippen LogP contribution in [0.25, 0.3) is 0 Å². The van der Waals surface area contributed by atoms with Crippen LogP contribution < -0.4 is 9.86 Å². The van der Waals surface area contributed by atoms with Crippen molar-refractivity contribution in [2.24, 2.45) is 5.14 Å². The number of benzene rings is 2. The zero-order valence-corrected chi connectivity index (χ0v) is 13.2. The van der Waals surface area contributed by atoms with E-state index in [1.54, 1.807) is 0 Å². The van der Waals surface area contributed by atoms with Crippen LogP contribution in [-0.4, -0.2) is 16.8 Å². The Bertz CT molecular complexity index is 930. The summed E-state index contributed by atoms with van der Waals surface area (Å²) in [6.07, 6.45) is 0. The van der Waals surface area contributed by atoms with Crippen molar-refractivity contribution in [2.45, 2.75) is 9.79 Å². The first-order valence-corrected chi connectivity index (χ1v) is 9.11. The van der Waals surface area contributed by atoms with Gasteiger partial charge in [0.1, 0.15) is 10.7 Å². The van der Waals surface area contributed by atoms with E-state index in [2.05, 4.69) is 4.72 Å². The fourth-order valence-electron chi connectivity index (χ4n) is 1.63. The van der Waals surface area contributed by atoms with Crippen LogP contribution in [0.4, 0.5) is 10.1 Å². The molecular weight excluding hydrogens is 355 g/mol. The molecule has 0 radical (unpaired) electrons. The lowest BCUT2D eigenvalue weighted by Crippen LogP contribution is -2.15. The minimum Gasteiger partial charge on any atom is -0.280 e. The first-order chi connectivity index (χ1) is 10.1. The van der Waals surface area contributed by atoms with Crippen molar-refractivity contribution >= 4 is 37.3 Å². The number of anilines is 1. The molecule has 10 heteroatoms. The molecule has 0 unspecified atom stereocenters. The molecule has 0 aromatic heterocycles. The fourth-order valence-corrected chi connectivity index (χ4v) is 3.75. The summed E-state index contributed by atoms with van der Waals surface area (Å²) in [6, 6.07) is 7.76. The van der Waals surface area contributed by atoms with Gasteiger partial charge in [-0.2, -0.15) is 0 Å². The maximum atomic E-state index is 13.2. The van der Waals surface area contributed by atoms with Crippen molar-refractivity contribution in [3.8, 4) is 0 Å². The van der Waals surface area contributed by atoms with E-state index < -0.39 is 30.8 Å². The van der Waals surface area contributed by atoms with Crippen molar-refractivity contribution in [1.29, 1.82) is 0 Å². The Balaban J connectivity index is 2.44. The van der Waals surface area contributed by atoms with Crippen LogP contribution in [0.3, 0.4) is 0 Å². The molecule has 0 amide bonds. The van der Waals surface area contributed by atoms with Gasteiger partial charge >= 0.3 is 0 Å². The van der Waals surface area contributed by atoms with Crippen LogP contribution in [0.1, 0.15) is 0 Å². The molecule has 0 aliphatic carbocycles. The highest BCUT2D eigenvalue weighted by atomic mass is 35.5. The van der Waals surface area contributed by atoms with Crippen molar-refractivity contribution in [3.05, 3.63) is 53.3 Å². The smallest absolute Gasteiger partial charge is 0.263 e. The topological polar surface area (TPSA) is 106 Å². The number of nitrogens with one attached hydrogen (secondary N) is 1. The maximum absolute atomic E-state index is 13.2. The number of rotatable bonds is 4. The molecule has 2 aromatic carbocycles. The number of hydrogen-bond donors (Lipinski definition) is 2. The van der Waals surface area contributed by atoms with Gasteiger partial charge in [0.2, 0.25) is 10.0 Å². The predicted molar refractivity (Wildman–Crippen MR) is 80.0 cm³/mol. The van der Waals surface area contributed by atoms with Crippen molar-refractivity contribution < 1.29 is 21.2 Å². The van der Waals surface area contributed by atoms with Crippen LogP contribution >= 0.6 is 11.6 Å². The Kier molecular flexibility index (Phi) is 4.43. The second-order valence-electron chi connectivity index (χ2n) is 4.25. The Morgan fingerprint density at radius 1 is 1.05 bits per heavy atom. The molecule has 6 nitrogen and oxygen atoms in total. The Hall–Kier alpha value is -1.68. The highest BCUT2D eigenvalue weighted by Gasteiger charge is 2.19. The quantitative estimate of drug-likeness (QED) is 0.864. The first-order valence-electron chi connectivity index (χ1n) is 5.70. The molecule has 3 N–H and O–H groups in total.